The molecule has 170 valence electrons. The molecule has 0 saturated carbocycles. The van der Waals surface area contributed by atoms with E-state index < -0.39 is 6.04 Å². The maximum absolute atomic E-state index is 6.65. The quantitative estimate of drug-likeness (QED) is 0.191. The first-order valence-electron chi connectivity index (χ1n) is 11.3. The summed E-state index contributed by atoms with van der Waals surface area (Å²) in [6.07, 6.45) is 0. The Balaban J connectivity index is 1.45. The maximum atomic E-state index is 6.65. The third kappa shape index (κ3) is 4.42. The van der Waals surface area contributed by atoms with Crippen LogP contribution < -0.4 is 15.9 Å². The summed E-state index contributed by atoms with van der Waals surface area (Å²) in [5.41, 5.74) is 3.73. The monoisotopic (exact) mass is 540 g/mol. The van der Waals surface area contributed by atoms with Gasteiger partial charge in [-0.2, -0.15) is 0 Å². The van der Waals surface area contributed by atoms with Gasteiger partial charge in [0.05, 0.1) is 0 Å². The van der Waals surface area contributed by atoms with Crippen LogP contribution in [0.25, 0.3) is 31.3 Å². The SMILES string of the molecule is S=P(c1ccc(-c2cccs2)cc1)(c1ccc(-c2cccs2)cc1)c1ccc(-c2cccs2)cc1. The Kier molecular flexibility index (Phi) is 6.40. The fraction of sp³-hybridized carbons (Fsp3) is 0. The third-order valence-electron chi connectivity index (χ3n) is 6.11. The van der Waals surface area contributed by atoms with Crippen LogP contribution in [0.5, 0.6) is 0 Å². The Morgan fingerprint density at radius 2 is 0.686 bits per heavy atom. The summed E-state index contributed by atoms with van der Waals surface area (Å²) >= 11 is 12.0. The smallest absolute Gasteiger partial charge is 0.0379 e. The average molecular weight is 541 g/mol. The van der Waals surface area contributed by atoms with E-state index in [2.05, 4.69) is 125 Å². The van der Waals surface area contributed by atoms with Crippen molar-refractivity contribution in [2.24, 2.45) is 0 Å². The minimum atomic E-state index is -2.22. The topological polar surface area (TPSA) is 0 Å². The van der Waals surface area contributed by atoms with Crippen molar-refractivity contribution in [3.8, 4) is 31.3 Å². The van der Waals surface area contributed by atoms with Gasteiger partial charge in [-0.15, -0.1) is 34.0 Å². The molecule has 3 heterocycles. The van der Waals surface area contributed by atoms with Crippen LogP contribution in [0.3, 0.4) is 0 Å². The van der Waals surface area contributed by atoms with Crippen molar-refractivity contribution in [3.05, 3.63) is 125 Å². The van der Waals surface area contributed by atoms with Gasteiger partial charge in [0.2, 0.25) is 0 Å². The molecule has 0 aliphatic carbocycles. The predicted octanol–water partition coefficient (Wildman–Crippen LogP) is 8.63. The molecule has 0 fully saturated rings. The molecule has 6 aromatic rings. The Morgan fingerprint density at radius 1 is 0.400 bits per heavy atom. The molecule has 6 rings (SSSR count). The minimum Gasteiger partial charge on any atom is -0.144 e. The Labute approximate surface area is 223 Å². The molecule has 0 saturated heterocycles. The highest BCUT2D eigenvalue weighted by Crippen LogP contribution is 2.44. The zero-order valence-corrected chi connectivity index (χ0v) is 22.9. The first kappa shape index (κ1) is 22.8. The predicted molar refractivity (Wildman–Crippen MR) is 162 cm³/mol. The van der Waals surface area contributed by atoms with Gasteiger partial charge in [-0.1, -0.05) is 103 Å². The second kappa shape index (κ2) is 9.81. The van der Waals surface area contributed by atoms with E-state index in [1.165, 1.54) is 47.2 Å². The molecule has 35 heavy (non-hydrogen) atoms. The van der Waals surface area contributed by atoms with Gasteiger partial charge in [0.25, 0.3) is 0 Å². The Bertz CT molecular complexity index is 1360. The van der Waals surface area contributed by atoms with E-state index in [4.69, 9.17) is 11.8 Å². The number of rotatable bonds is 6. The van der Waals surface area contributed by atoms with Crippen LogP contribution in [0.15, 0.2) is 125 Å². The molecule has 3 aromatic carbocycles. The number of thiophene rings is 3. The standard InChI is InChI=1S/C30H21PS4/c32-31(25-13-7-22(8-14-25)28-4-1-19-33-28,26-15-9-23(10-16-26)29-5-2-20-34-29)27-17-11-24(12-18-27)30-6-3-21-35-30/h1-21H. The first-order valence-corrected chi connectivity index (χ1v) is 16.7. The molecule has 3 aromatic heterocycles. The largest absolute Gasteiger partial charge is 0.144 e. The van der Waals surface area contributed by atoms with Gasteiger partial charge >= 0.3 is 0 Å². The van der Waals surface area contributed by atoms with Crippen LogP contribution in [0, 0.1) is 0 Å². The summed E-state index contributed by atoms with van der Waals surface area (Å²) in [5.74, 6) is 0. The summed E-state index contributed by atoms with van der Waals surface area (Å²) in [6.45, 7) is 0. The normalized spacial score (nSPS) is 11.5. The van der Waals surface area contributed by atoms with Crippen molar-refractivity contribution in [2.45, 2.75) is 0 Å². The molecule has 0 bridgehead atoms. The summed E-state index contributed by atoms with van der Waals surface area (Å²) < 4.78 is 0. The second-order valence-corrected chi connectivity index (χ2v) is 15.4. The lowest BCUT2D eigenvalue weighted by Crippen LogP contribution is -2.24. The zero-order valence-electron chi connectivity index (χ0n) is 18.7. The molecule has 0 unspecified atom stereocenters. The van der Waals surface area contributed by atoms with Gasteiger partial charge in [0, 0.05) is 20.7 Å². The molecular formula is C30H21PS4. The van der Waals surface area contributed by atoms with E-state index in [9.17, 15) is 0 Å². The summed E-state index contributed by atoms with van der Waals surface area (Å²) in [4.78, 5) is 3.85. The molecule has 0 aliphatic heterocycles. The molecule has 0 amide bonds. The Hall–Kier alpha value is -2.59. The number of benzene rings is 3. The van der Waals surface area contributed by atoms with Crippen LogP contribution in [0.1, 0.15) is 0 Å². The first-order chi connectivity index (χ1) is 17.2. The van der Waals surface area contributed by atoms with Gasteiger partial charge < -0.3 is 0 Å². The maximum Gasteiger partial charge on any atom is 0.0379 e. The van der Waals surface area contributed by atoms with Crippen molar-refractivity contribution >= 4 is 67.8 Å². The van der Waals surface area contributed by atoms with Gasteiger partial charge in [-0.3, -0.25) is 0 Å². The van der Waals surface area contributed by atoms with Gasteiger partial charge in [0.15, 0.2) is 0 Å². The molecule has 0 radical (unpaired) electrons. The van der Waals surface area contributed by atoms with Gasteiger partial charge in [-0.05, 0) is 66.9 Å². The van der Waals surface area contributed by atoms with E-state index in [0.717, 1.165) is 0 Å². The van der Waals surface area contributed by atoms with Crippen LogP contribution in [0.4, 0.5) is 0 Å². The molecule has 5 heteroatoms. The van der Waals surface area contributed by atoms with Crippen LogP contribution >= 0.6 is 40.0 Å². The Morgan fingerprint density at radius 3 is 0.914 bits per heavy atom. The van der Waals surface area contributed by atoms with Crippen molar-refractivity contribution in [1.29, 1.82) is 0 Å². The van der Waals surface area contributed by atoms with Crippen molar-refractivity contribution in [2.75, 3.05) is 0 Å². The summed E-state index contributed by atoms with van der Waals surface area (Å²) in [5, 5.41) is 10.0. The lowest BCUT2D eigenvalue weighted by Gasteiger charge is -2.25. The minimum absolute atomic E-state index is 1.22. The van der Waals surface area contributed by atoms with Crippen molar-refractivity contribution < 1.29 is 0 Å². The van der Waals surface area contributed by atoms with Crippen LogP contribution in [-0.4, -0.2) is 0 Å². The van der Waals surface area contributed by atoms with Crippen molar-refractivity contribution in [3.63, 3.8) is 0 Å². The summed E-state index contributed by atoms with van der Waals surface area (Å²) in [7, 11) is 0. The van der Waals surface area contributed by atoms with Crippen LogP contribution in [0.2, 0.25) is 0 Å². The lowest BCUT2D eigenvalue weighted by molar-refractivity contribution is 1.71. The van der Waals surface area contributed by atoms with Gasteiger partial charge in [-0.25, -0.2) is 0 Å². The molecular weight excluding hydrogens is 520 g/mol. The van der Waals surface area contributed by atoms with E-state index in [1.54, 1.807) is 34.0 Å². The lowest BCUT2D eigenvalue weighted by atomic mass is 10.2. The highest BCUT2D eigenvalue weighted by atomic mass is 32.4. The van der Waals surface area contributed by atoms with E-state index >= 15 is 0 Å². The fourth-order valence-electron chi connectivity index (χ4n) is 4.28. The average Bonchev–Trinajstić information content (AvgIpc) is 3.73. The summed E-state index contributed by atoms with van der Waals surface area (Å²) in [6, 6.07) is 37.4. The van der Waals surface area contributed by atoms with E-state index in [-0.39, 0.29) is 0 Å². The zero-order chi connectivity index (χ0) is 23.7. The molecule has 0 spiro atoms. The highest BCUT2D eigenvalue weighted by molar-refractivity contribution is 8.25. The second-order valence-electron chi connectivity index (χ2n) is 8.18. The fourth-order valence-corrected chi connectivity index (χ4v) is 10.2. The van der Waals surface area contributed by atoms with Crippen molar-refractivity contribution in [1.82, 2.24) is 0 Å². The van der Waals surface area contributed by atoms with E-state index in [0.29, 0.717) is 0 Å². The molecule has 0 N–H and O–H groups in total. The van der Waals surface area contributed by atoms with Crippen LogP contribution in [-0.2, 0) is 11.8 Å². The molecule has 0 atom stereocenters. The van der Waals surface area contributed by atoms with E-state index in [1.807, 2.05) is 0 Å². The number of hydrogen-bond donors (Lipinski definition) is 0. The highest BCUT2D eigenvalue weighted by Gasteiger charge is 2.25. The number of hydrogen-bond acceptors (Lipinski definition) is 4. The molecule has 0 nitrogen and oxygen atoms in total. The molecule has 0 aliphatic rings. The van der Waals surface area contributed by atoms with Gasteiger partial charge in [0.1, 0.15) is 0 Å². The third-order valence-corrected chi connectivity index (χ3v) is 13.8.